The fraction of sp³-hybridized carbons (Fsp3) is 0.850. The van der Waals surface area contributed by atoms with Gasteiger partial charge >= 0.3 is 0 Å². The largest absolute Gasteiger partial charge is 0.333 e. The fourth-order valence-electron chi connectivity index (χ4n) is 3.55. The first-order valence-corrected chi connectivity index (χ1v) is 10.3. The number of hydrogen-bond acceptors (Lipinski definition) is 4. The smallest absolute Gasteiger partial charge is 0.262 e. The molecule has 2 N–H and O–H groups in total. The summed E-state index contributed by atoms with van der Waals surface area (Å²) in [5.41, 5.74) is 1.59. The number of unbranched alkanes of at least 4 members (excludes halogenated alkanes) is 7. The van der Waals surface area contributed by atoms with Crippen molar-refractivity contribution in [3.63, 3.8) is 0 Å². The molecule has 0 heterocycles. The number of carbonyl (C=O) groups is 3. The van der Waals surface area contributed by atoms with Crippen LogP contribution in [0.4, 0.5) is 0 Å². The number of nitrogens with one attached hydrogen (secondary N) is 1. The number of ketones is 1. The molecule has 1 unspecified atom stereocenters. The molecule has 0 aromatic rings. The Balaban J connectivity index is 2.36. The summed E-state index contributed by atoms with van der Waals surface area (Å²) in [6.07, 6.45) is 12.7. The molecule has 0 saturated heterocycles. The van der Waals surface area contributed by atoms with Crippen molar-refractivity contribution in [3.05, 3.63) is 0 Å². The van der Waals surface area contributed by atoms with E-state index in [4.69, 9.17) is 5.21 Å². The lowest BCUT2D eigenvalue weighted by molar-refractivity contribution is -0.141. The summed E-state index contributed by atoms with van der Waals surface area (Å²) in [7, 11) is 0. The Morgan fingerprint density at radius 3 is 2.35 bits per heavy atom. The third kappa shape index (κ3) is 9.32. The van der Waals surface area contributed by atoms with E-state index in [9.17, 15) is 14.4 Å². The number of rotatable bonds is 13. The van der Waals surface area contributed by atoms with Crippen LogP contribution in [0, 0.1) is 5.92 Å². The zero-order valence-electron chi connectivity index (χ0n) is 16.3. The highest BCUT2D eigenvalue weighted by atomic mass is 16.5. The second-order valence-electron chi connectivity index (χ2n) is 7.44. The van der Waals surface area contributed by atoms with E-state index in [-0.39, 0.29) is 30.6 Å². The molecule has 1 fully saturated rings. The predicted octanol–water partition coefficient (Wildman–Crippen LogP) is 3.61. The highest BCUT2D eigenvalue weighted by molar-refractivity contribution is 5.89. The van der Waals surface area contributed by atoms with Crippen molar-refractivity contribution in [2.24, 2.45) is 5.92 Å². The molecule has 2 amide bonds. The standard InChI is InChI=1S/C20H36N2O4/c1-2-3-4-5-6-7-8-11-14-22(16-19(24)21-26)20(25)15-17-12-9-10-13-18(17)23/h17,26H,2-16H2,1H3,(H,21,24). The monoisotopic (exact) mass is 368 g/mol. The molecule has 26 heavy (non-hydrogen) atoms. The third-order valence-corrected chi connectivity index (χ3v) is 5.20. The maximum absolute atomic E-state index is 12.6. The highest BCUT2D eigenvalue weighted by Gasteiger charge is 2.27. The van der Waals surface area contributed by atoms with E-state index in [1.807, 2.05) is 0 Å². The van der Waals surface area contributed by atoms with Crippen LogP contribution in [0.3, 0.4) is 0 Å². The van der Waals surface area contributed by atoms with Crippen molar-refractivity contribution in [3.8, 4) is 0 Å². The minimum absolute atomic E-state index is 0.146. The minimum atomic E-state index is -0.590. The van der Waals surface area contributed by atoms with Gasteiger partial charge in [-0.05, 0) is 19.3 Å². The van der Waals surface area contributed by atoms with E-state index < -0.39 is 5.91 Å². The van der Waals surface area contributed by atoms with Crippen molar-refractivity contribution < 1.29 is 19.6 Å². The molecular formula is C20H36N2O4. The van der Waals surface area contributed by atoms with Crippen LogP contribution in [-0.4, -0.2) is 40.8 Å². The molecule has 0 aromatic carbocycles. The Morgan fingerprint density at radius 2 is 1.73 bits per heavy atom. The summed E-state index contributed by atoms with van der Waals surface area (Å²) in [4.78, 5) is 37.5. The maximum atomic E-state index is 12.6. The molecule has 1 rings (SSSR count). The Morgan fingerprint density at radius 1 is 1.08 bits per heavy atom. The van der Waals surface area contributed by atoms with E-state index >= 15 is 0 Å². The number of Topliss-reactive ketones (excluding diaryl/α,β-unsaturated/α-hetero) is 1. The Hall–Kier alpha value is -1.43. The SMILES string of the molecule is CCCCCCCCCCN(CC(=O)NO)C(=O)CC1CCCCC1=O. The average Bonchev–Trinajstić information content (AvgIpc) is 2.64. The molecule has 0 aliphatic heterocycles. The van der Waals surface area contributed by atoms with Gasteiger partial charge in [-0.1, -0.05) is 58.3 Å². The summed E-state index contributed by atoms with van der Waals surface area (Å²) < 4.78 is 0. The molecule has 0 radical (unpaired) electrons. The normalized spacial score (nSPS) is 17.2. The van der Waals surface area contributed by atoms with E-state index in [0.717, 1.165) is 38.5 Å². The van der Waals surface area contributed by atoms with Gasteiger partial charge in [-0.3, -0.25) is 19.6 Å². The van der Waals surface area contributed by atoms with Crippen LogP contribution in [0.15, 0.2) is 0 Å². The van der Waals surface area contributed by atoms with Gasteiger partial charge in [0.2, 0.25) is 5.91 Å². The van der Waals surface area contributed by atoms with Gasteiger partial charge in [0.05, 0.1) is 0 Å². The first-order valence-electron chi connectivity index (χ1n) is 10.3. The van der Waals surface area contributed by atoms with Gasteiger partial charge in [0.25, 0.3) is 5.91 Å². The second kappa shape index (κ2) is 13.7. The van der Waals surface area contributed by atoms with Crippen molar-refractivity contribution in [2.75, 3.05) is 13.1 Å². The topological polar surface area (TPSA) is 86.7 Å². The van der Waals surface area contributed by atoms with Crippen molar-refractivity contribution >= 4 is 17.6 Å². The van der Waals surface area contributed by atoms with E-state index in [1.165, 1.54) is 37.0 Å². The predicted molar refractivity (Wildman–Crippen MR) is 101 cm³/mol. The zero-order valence-corrected chi connectivity index (χ0v) is 16.3. The van der Waals surface area contributed by atoms with Crippen molar-refractivity contribution in [1.29, 1.82) is 0 Å². The Labute approximate surface area is 157 Å². The summed E-state index contributed by atoms with van der Waals surface area (Å²) in [6, 6.07) is 0. The molecule has 1 aliphatic rings. The van der Waals surface area contributed by atoms with Crippen LogP contribution in [0.5, 0.6) is 0 Å². The summed E-state index contributed by atoms with van der Waals surface area (Å²) in [5.74, 6) is -0.776. The van der Waals surface area contributed by atoms with Gasteiger partial charge in [0.1, 0.15) is 12.3 Å². The van der Waals surface area contributed by atoms with Crippen LogP contribution >= 0.6 is 0 Å². The lowest BCUT2D eigenvalue weighted by Gasteiger charge is -2.25. The van der Waals surface area contributed by atoms with Crippen LogP contribution < -0.4 is 5.48 Å². The highest BCUT2D eigenvalue weighted by Crippen LogP contribution is 2.24. The fourth-order valence-corrected chi connectivity index (χ4v) is 3.55. The number of carbonyl (C=O) groups excluding carboxylic acids is 3. The van der Waals surface area contributed by atoms with Gasteiger partial charge in [-0.2, -0.15) is 0 Å². The Bertz CT molecular complexity index is 440. The van der Waals surface area contributed by atoms with Gasteiger partial charge in [-0.25, -0.2) is 5.48 Å². The summed E-state index contributed by atoms with van der Waals surface area (Å²) in [6.45, 7) is 2.56. The van der Waals surface area contributed by atoms with Crippen LogP contribution in [0.1, 0.15) is 90.4 Å². The molecule has 1 saturated carbocycles. The lowest BCUT2D eigenvalue weighted by atomic mass is 9.85. The van der Waals surface area contributed by atoms with Gasteiger partial charge in [0.15, 0.2) is 0 Å². The minimum Gasteiger partial charge on any atom is -0.333 e. The molecule has 150 valence electrons. The molecule has 0 aromatic heterocycles. The number of hydroxylamine groups is 1. The molecule has 0 spiro atoms. The molecule has 6 heteroatoms. The maximum Gasteiger partial charge on any atom is 0.262 e. The number of nitrogens with zero attached hydrogens (tertiary/aromatic N) is 1. The third-order valence-electron chi connectivity index (χ3n) is 5.20. The van der Waals surface area contributed by atoms with Gasteiger partial charge in [-0.15, -0.1) is 0 Å². The summed E-state index contributed by atoms with van der Waals surface area (Å²) in [5, 5.41) is 8.75. The molecule has 0 bridgehead atoms. The Kier molecular flexibility index (Phi) is 11.9. The van der Waals surface area contributed by atoms with Gasteiger partial charge in [0, 0.05) is 25.3 Å². The first-order chi connectivity index (χ1) is 12.6. The number of hydrogen-bond donors (Lipinski definition) is 2. The first kappa shape index (κ1) is 22.6. The molecular weight excluding hydrogens is 332 g/mol. The second-order valence-corrected chi connectivity index (χ2v) is 7.44. The summed E-state index contributed by atoms with van der Waals surface area (Å²) >= 11 is 0. The van der Waals surface area contributed by atoms with E-state index in [0.29, 0.717) is 13.0 Å². The van der Waals surface area contributed by atoms with Crippen LogP contribution in [0.2, 0.25) is 0 Å². The van der Waals surface area contributed by atoms with E-state index in [2.05, 4.69) is 6.92 Å². The van der Waals surface area contributed by atoms with Gasteiger partial charge < -0.3 is 4.90 Å². The van der Waals surface area contributed by atoms with Crippen LogP contribution in [0.25, 0.3) is 0 Å². The molecule has 6 nitrogen and oxygen atoms in total. The quantitative estimate of drug-likeness (QED) is 0.295. The average molecular weight is 369 g/mol. The molecule has 1 aliphatic carbocycles. The van der Waals surface area contributed by atoms with Crippen molar-refractivity contribution in [2.45, 2.75) is 90.4 Å². The number of amides is 2. The zero-order chi connectivity index (χ0) is 19.2. The lowest BCUT2D eigenvalue weighted by Crippen LogP contribution is -2.41. The molecule has 1 atom stereocenters. The van der Waals surface area contributed by atoms with Crippen LogP contribution in [-0.2, 0) is 14.4 Å². The van der Waals surface area contributed by atoms with E-state index in [1.54, 1.807) is 5.48 Å². The van der Waals surface area contributed by atoms with Crippen molar-refractivity contribution in [1.82, 2.24) is 10.4 Å².